The van der Waals surface area contributed by atoms with Crippen molar-refractivity contribution in [3.05, 3.63) is 53.1 Å². The van der Waals surface area contributed by atoms with E-state index in [-0.39, 0.29) is 27.7 Å². The monoisotopic (exact) mass is 312 g/mol. The van der Waals surface area contributed by atoms with Crippen LogP contribution in [0.2, 0.25) is 5.02 Å². The molecule has 21 heavy (non-hydrogen) atoms. The Hall–Kier alpha value is -2.34. The van der Waals surface area contributed by atoms with Crippen molar-refractivity contribution in [3.63, 3.8) is 0 Å². The van der Waals surface area contributed by atoms with Crippen LogP contribution in [0.4, 0.5) is 20.2 Å². The zero-order chi connectivity index (χ0) is 15.4. The van der Waals surface area contributed by atoms with Gasteiger partial charge >= 0.3 is 6.61 Å². The minimum Gasteiger partial charge on any atom is -0.433 e. The van der Waals surface area contributed by atoms with Crippen molar-refractivity contribution < 1.29 is 18.3 Å². The molecule has 4 nitrogen and oxygen atoms in total. The van der Waals surface area contributed by atoms with E-state index in [9.17, 15) is 13.6 Å². The van der Waals surface area contributed by atoms with Crippen molar-refractivity contribution in [1.29, 1.82) is 0 Å². The van der Waals surface area contributed by atoms with Crippen LogP contribution in [0.5, 0.6) is 5.75 Å². The molecular formula is C14H11ClF2N2O2. The Morgan fingerprint density at radius 1 is 1.19 bits per heavy atom. The summed E-state index contributed by atoms with van der Waals surface area (Å²) in [6, 6.07) is 10.4. The Balaban J connectivity index is 2.26. The number of nitrogen functional groups attached to an aromatic ring is 1. The fourth-order valence-corrected chi connectivity index (χ4v) is 1.90. The van der Waals surface area contributed by atoms with Crippen molar-refractivity contribution >= 4 is 28.9 Å². The van der Waals surface area contributed by atoms with Gasteiger partial charge in [-0.05, 0) is 24.3 Å². The largest absolute Gasteiger partial charge is 0.433 e. The summed E-state index contributed by atoms with van der Waals surface area (Å²) >= 11 is 5.94. The Labute approximate surface area is 124 Å². The predicted molar refractivity (Wildman–Crippen MR) is 76.9 cm³/mol. The van der Waals surface area contributed by atoms with Gasteiger partial charge in [0.25, 0.3) is 5.91 Å². The molecule has 2 aromatic rings. The fraction of sp³-hybridized carbons (Fsp3) is 0.0714. The lowest BCUT2D eigenvalue weighted by Gasteiger charge is -2.12. The first-order valence-corrected chi connectivity index (χ1v) is 6.26. The lowest BCUT2D eigenvalue weighted by molar-refractivity contribution is -0.0493. The number of carbonyl (C=O) groups is 1. The number of amides is 1. The van der Waals surface area contributed by atoms with Crippen molar-refractivity contribution in [2.24, 2.45) is 0 Å². The summed E-state index contributed by atoms with van der Waals surface area (Å²) in [5, 5.41) is 2.56. The second-order valence-corrected chi connectivity index (χ2v) is 4.42. The number of carbonyl (C=O) groups excluding carboxylic acids is 1. The highest BCUT2D eigenvalue weighted by Crippen LogP contribution is 2.28. The lowest BCUT2D eigenvalue weighted by Crippen LogP contribution is -2.14. The van der Waals surface area contributed by atoms with E-state index in [1.165, 1.54) is 24.3 Å². The molecule has 0 heterocycles. The molecule has 1 amide bonds. The molecule has 0 unspecified atom stereocenters. The van der Waals surface area contributed by atoms with Gasteiger partial charge in [0.15, 0.2) is 0 Å². The molecule has 0 aliphatic carbocycles. The van der Waals surface area contributed by atoms with E-state index in [1.54, 1.807) is 18.2 Å². The Bertz CT molecular complexity index is 665. The van der Waals surface area contributed by atoms with Gasteiger partial charge in [0, 0.05) is 0 Å². The van der Waals surface area contributed by atoms with Crippen LogP contribution in [-0.4, -0.2) is 12.5 Å². The van der Waals surface area contributed by atoms with Crippen LogP contribution in [0.3, 0.4) is 0 Å². The highest BCUT2D eigenvalue weighted by molar-refractivity contribution is 6.36. The average molecular weight is 313 g/mol. The number of para-hydroxylation sites is 2. The quantitative estimate of drug-likeness (QED) is 0.845. The number of hydrogen-bond acceptors (Lipinski definition) is 3. The summed E-state index contributed by atoms with van der Waals surface area (Å²) in [5.74, 6) is -0.710. The second kappa shape index (κ2) is 6.41. The first-order valence-electron chi connectivity index (χ1n) is 5.88. The molecule has 0 bridgehead atoms. The van der Waals surface area contributed by atoms with Crippen LogP contribution in [0.15, 0.2) is 42.5 Å². The van der Waals surface area contributed by atoms with Gasteiger partial charge in [-0.2, -0.15) is 8.78 Å². The third-order valence-electron chi connectivity index (χ3n) is 2.62. The second-order valence-electron chi connectivity index (χ2n) is 4.04. The number of anilines is 2. The Kier molecular flexibility index (Phi) is 4.59. The van der Waals surface area contributed by atoms with E-state index in [0.717, 1.165) is 0 Å². The van der Waals surface area contributed by atoms with Gasteiger partial charge in [0.2, 0.25) is 0 Å². The van der Waals surface area contributed by atoms with Crippen LogP contribution in [0.1, 0.15) is 10.4 Å². The number of halogens is 3. The molecule has 0 spiro atoms. The zero-order valence-electron chi connectivity index (χ0n) is 10.6. The smallest absolute Gasteiger partial charge is 0.387 e. The molecule has 0 fully saturated rings. The van der Waals surface area contributed by atoms with Crippen LogP contribution in [-0.2, 0) is 0 Å². The van der Waals surface area contributed by atoms with Crippen LogP contribution in [0.25, 0.3) is 0 Å². The van der Waals surface area contributed by atoms with Crippen molar-refractivity contribution in [1.82, 2.24) is 0 Å². The minimum absolute atomic E-state index is 0.0993. The molecular weight excluding hydrogens is 302 g/mol. The van der Waals surface area contributed by atoms with Crippen molar-refractivity contribution in [2.75, 3.05) is 11.1 Å². The van der Waals surface area contributed by atoms with Gasteiger partial charge in [-0.25, -0.2) is 0 Å². The van der Waals surface area contributed by atoms with Crippen molar-refractivity contribution in [3.8, 4) is 5.75 Å². The number of benzene rings is 2. The molecule has 3 N–H and O–H groups in total. The number of nitrogens with two attached hydrogens (primary N) is 1. The van der Waals surface area contributed by atoms with Gasteiger partial charge in [-0.15, -0.1) is 0 Å². The highest BCUT2D eigenvalue weighted by Gasteiger charge is 2.15. The normalized spacial score (nSPS) is 10.5. The standard InChI is InChI=1S/C14H11ClF2N2O2/c15-12-8(4-3-5-9(12)18)13(20)19-10-6-1-2-7-11(10)21-14(16)17/h1-7,14H,18H2,(H,19,20). The maximum atomic E-state index is 12.3. The summed E-state index contributed by atoms with van der Waals surface area (Å²) in [6.45, 7) is -2.99. The first-order chi connectivity index (χ1) is 9.99. The van der Waals surface area contributed by atoms with Gasteiger partial charge in [-0.1, -0.05) is 29.8 Å². The van der Waals surface area contributed by atoms with Crippen LogP contribution in [0, 0.1) is 0 Å². The molecule has 0 aliphatic rings. The highest BCUT2D eigenvalue weighted by atomic mass is 35.5. The molecule has 0 aromatic heterocycles. The van der Waals surface area contributed by atoms with Gasteiger partial charge < -0.3 is 15.8 Å². The van der Waals surface area contributed by atoms with E-state index < -0.39 is 12.5 Å². The molecule has 0 atom stereocenters. The zero-order valence-corrected chi connectivity index (χ0v) is 11.4. The lowest BCUT2D eigenvalue weighted by atomic mass is 10.2. The molecule has 0 radical (unpaired) electrons. The fourth-order valence-electron chi connectivity index (χ4n) is 1.68. The van der Waals surface area contributed by atoms with E-state index >= 15 is 0 Å². The molecule has 110 valence electrons. The number of ether oxygens (including phenoxy) is 1. The topological polar surface area (TPSA) is 64.4 Å². The molecule has 0 saturated carbocycles. The van der Waals surface area contributed by atoms with E-state index in [0.29, 0.717) is 0 Å². The van der Waals surface area contributed by atoms with Gasteiger partial charge in [0.05, 0.1) is 22.0 Å². The number of alkyl halides is 2. The Morgan fingerprint density at radius 3 is 2.62 bits per heavy atom. The predicted octanol–water partition coefficient (Wildman–Crippen LogP) is 3.78. The number of nitrogens with one attached hydrogen (secondary N) is 1. The summed E-state index contributed by atoms with van der Waals surface area (Å²) in [4.78, 5) is 12.1. The average Bonchev–Trinajstić information content (AvgIpc) is 2.43. The molecule has 2 aromatic carbocycles. The first kappa shape index (κ1) is 15.1. The van der Waals surface area contributed by atoms with Crippen LogP contribution >= 0.6 is 11.6 Å². The van der Waals surface area contributed by atoms with Gasteiger partial charge in [0.1, 0.15) is 5.75 Å². The van der Waals surface area contributed by atoms with E-state index in [1.807, 2.05) is 0 Å². The summed E-state index contributed by atoms with van der Waals surface area (Å²) in [5.41, 5.74) is 6.12. The summed E-state index contributed by atoms with van der Waals surface area (Å²) < 4.78 is 28.9. The van der Waals surface area contributed by atoms with Crippen LogP contribution < -0.4 is 15.8 Å². The molecule has 0 saturated heterocycles. The van der Waals surface area contributed by atoms with Crippen molar-refractivity contribution in [2.45, 2.75) is 6.61 Å². The third kappa shape index (κ3) is 3.61. The van der Waals surface area contributed by atoms with E-state index in [4.69, 9.17) is 17.3 Å². The summed E-state index contributed by atoms with van der Waals surface area (Å²) in [7, 11) is 0. The molecule has 0 aliphatic heterocycles. The molecule has 7 heteroatoms. The minimum atomic E-state index is -2.99. The number of hydrogen-bond donors (Lipinski definition) is 2. The Morgan fingerprint density at radius 2 is 1.90 bits per heavy atom. The molecule has 2 rings (SSSR count). The SMILES string of the molecule is Nc1cccc(C(=O)Nc2ccccc2OC(F)F)c1Cl. The third-order valence-corrected chi connectivity index (χ3v) is 3.05. The van der Waals surface area contributed by atoms with Gasteiger partial charge in [-0.3, -0.25) is 4.79 Å². The summed E-state index contributed by atoms with van der Waals surface area (Å²) in [6.07, 6.45) is 0. The maximum absolute atomic E-state index is 12.3. The maximum Gasteiger partial charge on any atom is 0.387 e. The number of rotatable bonds is 4. The van der Waals surface area contributed by atoms with E-state index in [2.05, 4.69) is 10.1 Å².